The molecular formula is C16H26F3N3O3S. The van der Waals surface area contributed by atoms with Gasteiger partial charge in [-0.15, -0.1) is 0 Å². The average Bonchev–Trinajstić information content (AvgIpc) is 2.97. The SMILES string of the molecule is O=C(C1CCCC1)N1CC(S(=O)(=O)NC2CCCN(CC(F)(F)F)C2)C1. The third-order valence-electron chi connectivity index (χ3n) is 5.54. The highest BCUT2D eigenvalue weighted by atomic mass is 32.2. The Morgan fingerprint density at radius 1 is 1.04 bits per heavy atom. The Hall–Kier alpha value is -0.870. The Morgan fingerprint density at radius 3 is 2.31 bits per heavy atom. The Kier molecular flexibility index (Phi) is 5.83. The molecule has 3 rings (SSSR count). The number of sulfonamides is 1. The summed E-state index contributed by atoms with van der Waals surface area (Å²) in [5.41, 5.74) is 0. The number of carbonyl (C=O) groups excluding carboxylic acids is 1. The van der Waals surface area contributed by atoms with Gasteiger partial charge in [-0.2, -0.15) is 13.2 Å². The number of halogens is 3. The molecule has 3 fully saturated rings. The second-order valence-electron chi connectivity index (χ2n) is 7.70. The summed E-state index contributed by atoms with van der Waals surface area (Å²) >= 11 is 0. The first-order chi connectivity index (χ1) is 12.1. The van der Waals surface area contributed by atoms with E-state index in [0.29, 0.717) is 19.4 Å². The van der Waals surface area contributed by atoms with E-state index in [1.54, 1.807) is 4.90 Å². The van der Waals surface area contributed by atoms with Gasteiger partial charge in [-0.05, 0) is 32.2 Å². The van der Waals surface area contributed by atoms with Crippen LogP contribution in [0, 0.1) is 5.92 Å². The van der Waals surface area contributed by atoms with Crippen LogP contribution in [0.4, 0.5) is 13.2 Å². The van der Waals surface area contributed by atoms with E-state index in [1.807, 2.05) is 0 Å². The Morgan fingerprint density at radius 2 is 1.69 bits per heavy atom. The van der Waals surface area contributed by atoms with Gasteiger partial charge in [0.15, 0.2) is 0 Å². The van der Waals surface area contributed by atoms with E-state index in [1.165, 1.54) is 4.90 Å². The second-order valence-corrected chi connectivity index (χ2v) is 9.69. The monoisotopic (exact) mass is 397 g/mol. The standard InChI is InChI=1S/C16H26F3N3O3S/c17-16(18,19)11-21-7-3-6-13(8-21)20-26(24,25)14-9-22(10-14)15(23)12-4-1-2-5-12/h12-14,20H,1-11H2. The maximum absolute atomic E-state index is 12.5. The van der Waals surface area contributed by atoms with Crippen LogP contribution in [0.5, 0.6) is 0 Å². The third-order valence-corrected chi connectivity index (χ3v) is 7.38. The summed E-state index contributed by atoms with van der Waals surface area (Å²) in [6.07, 6.45) is 0.624. The molecule has 150 valence electrons. The quantitative estimate of drug-likeness (QED) is 0.760. The van der Waals surface area contributed by atoms with Crippen LogP contribution in [0.1, 0.15) is 38.5 Å². The number of likely N-dealkylation sites (tertiary alicyclic amines) is 2. The highest BCUT2D eigenvalue weighted by Gasteiger charge is 2.43. The van der Waals surface area contributed by atoms with Crippen LogP contribution < -0.4 is 4.72 Å². The minimum atomic E-state index is -4.28. The van der Waals surface area contributed by atoms with E-state index < -0.39 is 34.0 Å². The van der Waals surface area contributed by atoms with Crippen molar-refractivity contribution in [3.63, 3.8) is 0 Å². The van der Waals surface area contributed by atoms with E-state index >= 15 is 0 Å². The van der Waals surface area contributed by atoms with Crippen molar-refractivity contribution < 1.29 is 26.4 Å². The van der Waals surface area contributed by atoms with Gasteiger partial charge in [0.1, 0.15) is 5.25 Å². The highest BCUT2D eigenvalue weighted by Crippen LogP contribution is 2.29. The summed E-state index contributed by atoms with van der Waals surface area (Å²) in [7, 11) is -3.63. The maximum atomic E-state index is 12.5. The summed E-state index contributed by atoms with van der Waals surface area (Å²) in [6.45, 7) is -0.257. The van der Waals surface area contributed by atoms with Gasteiger partial charge >= 0.3 is 6.18 Å². The molecule has 2 heterocycles. The zero-order valence-corrected chi connectivity index (χ0v) is 15.5. The van der Waals surface area contributed by atoms with E-state index in [0.717, 1.165) is 25.7 Å². The normalized spacial score (nSPS) is 26.9. The van der Waals surface area contributed by atoms with Gasteiger partial charge < -0.3 is 4.90 Å². The smallest absolute Gasteiger partial charge is 0.340 e. The van der Waals surface area contributed by atoms with E-state index in [2.05, 4.69) is 4.72 Å². The number of nitrogens with one attached hydrogen (secondary N) is 1. The number of piperidine rings is 1. The number of carbonyl (C=O) groups is 1. The molecule has 1 atom stereocenters. The van der Waals surface area contributed by atoms with Crippen molar-refractivity contribution in [2.75, 3.05) is 32.7 Å². The van der Waals surface area contributed by atoms with E-state index in [-0.39, 0.29) is 31.5 Å². The maximum Gasteiger partial charge on any atom is 0.401 e. The van der Waals surface area contributed by atoms with Gasteiger partial charge in [0.25, 0.3) is 0 Å². The predicted molar refractivity (Wildman–Crippen MR) is 89.9 cm³/mol. The zero-order valence-electron chi connectivity index (χ0n) is 14.7. The molecule has 2 aliphatic heterocycles. The molecule has 0 aromatic carbocycles. The molecule has 2 saturated heterocycles. The first kappa shape index (κ1) is 19.9. The van der Waals surface area contributed by atoms with Gasteiger partial charge in [-0.25, -0.2) is 13.1 Å². The van der Waals surface area contributed by atoms with Crippen molar-refractivity contribution >= 4 is 15.9 Å². The summed E-state index contributed by atoms with van der Waals surface area (Å²) in [5, 5.41) is -0.661. The minimum absolute atomic E-state index is 0.0286. The van der Waals surface area contributed by atoms with Crippen molar-refractivity contribution in [3.05, 3.63) is 0 Å². The Balaban J connectivity index is 1.48. The lowest BCUT2D eigenvalue weighted by Gasteiger charge is -2.41. The first-order valence-corrected chi connectivity index (χ1v) is 10.8. The fourth-order valence-electron chi connectivity index (χ4n) is 4.12. The fourth-order valence-corrected chi connectivity index (χ4v) is 5.72. The molecular weight excluding hydrogens is 371 g/mol. The molecule has 3 aliphatic rings. The lowest BCUT2D eigenvalue weighted by Crippen LogP contribution is -2.62. The topological polar surface area (TPSA) is 69.7 Å². The summed E-state index contributed by atoms with van der Waals surface area (Å²) < 4.78 is 65.1. The van der Waals surface area contributed by atoms with E-state index in [4.69, 9.17) is 0 Å². The number of rotatable bonds is 5. The molecule has 1 aliphatic carbocycles. The molecule has 0 radical (unpaired) electrons. The van der Waals surface area contributed by atoms with Crippen LogP contribution in [0.2, 0.25) is 0 Å². The Bertz CT molecular complexity index is 614. The molecule has 0 bridgehead atoms. The third kappa shape index (κ3) is 4.89. The lowest BCUT2D eigenvalue weighted by molar-refractivity contribution is -0.148. The minimum Gasteiger partial charge on any atom is -0.340 e. The average molecular weight is 397 g/mol. The summed E-state index contributed by atoms with van der Waals surface area (Å²) in [6, 6.07) is -0.504. The molecule has 6 nitrogen and oxygen atoms in total. The number of hydrogen-bond donors (Lipinski definition) is 1. The predicted octanol–water partition coefficient (Wildman–Crippen LogP) is 1.33. The van der Waals surface area contributed by atoms with Crippen molar-refractivity contribution in [1.82, 2.24) is 14.5 Å². The number of alkyl halides is 3. The molecule has 1 N–H and O–H groups in total. The van der Waals surface area contributed by atoms with Crippen LogP contribution in [-0.4, -0.2) is 74.3 Å². The largest absolute Gasteiger partial charge is 0.401 e. The molecule has 1 saturated carbocycles. The van der Waals surface area contributed by atoms with Crippen LogP contribution >= 0.6 is 0 Å². The summed E-state index contributed by atoms with van der Waals surface area (Å²) in [5.74, 6) is 0.0730. The van der Waals surface area contributed by atoms with Crippen LogP contribution in [0.3, 0.4) is 0 Å². The Labute approximate surface area is 152 Å². The van der Waals surface area contributed by atoms with Gasteiger partial charge in [0, 0.05) is 31.6 Å². The molecule has 0 aromatic heterocycles. The molecule has 0 spiro atoms. The van der Waals surface area contributed by atoms with Gasteiger partial charge in [-0.3, -0.25) is 9.69 Å². The van der Waals surface area contributed by atoms with E-state index in [9.17, 15) is 26.4 Å². The second kappa shape index (κ2) is 7.63. The lowest BCUT2D eigenvalue weighted by atomic mass is 10.0. The van der Waals surface area contributed by atoms with Gasteiger partial charge in [0.05, 0.1) is 6.54 Å². The number of hydrogen-bond acceptors (Lipinski definition) is 4. The zero-order chi connectivity index (χ0) is 18.9. The number of nitrogens with zero attached hydrogens (tertiary/aromatic N) is 2. The highest BCUT2D eigenvalue weighted by molar-refractivity contribution is 7.90. The number of amides is 1. The first-order valence-electron chi connectivity index (χ1n) is 9.23. The molecule has 1 amide bonds. The molecule has 10 heteroatoms. The van der Waals surface area contributed by atoms with Crippen LogP contribution in [0.15, 0.2) is 0 Å². The molecule has 26 heavy (non-hydrogen) atoms. The van der Waals surface area contributed by atoms with Crippen LogP contribution in [-0.2, 0) is 14.8 Å². The van der Waals surface area contributed by atoms with Gasteiger partial charge in [-0.1, -0.05) is 12.8 Å². The van der Waals surface area contributed by atoms with Crippen molar-refractivity contribution in [2.24, 2.45) is 5.92 Å². The van der Waals surface area contributed by atoms with Gasteiger partial charge in [0.2, 0.25) is 15.9 Å². The fraction of sp³-hybridized carbons (Fsp3) is 0.938. The summed E-state index contributed by atoms with van der Waals surface area (Å²) in [4.78, 5) is 15.1. The van der Waals surface area contributed by atoms with Crippen molar-refractivity contribution in [1.29, 1.82) is 0 Å². The molecule has 0 aromatic rings. The van der Waals surface area contributed by atoms with Crippen LogP contribution in [0.25, 0.3) is 0 Å². The van der Waals surface area contributed by atoms with Crippen molar-refractivity contribution in [3.8, 4) is 0 Å². The molecule has 1 unspecified atom stereocenters. The van der Waals surface area contributed by atoms with Crippen molar-refractivity contribution in [2.45, 2.75) is 56.0 Å².